The van der Waals surface area contributed by atoms with E-state index in [0.717, 1.165) is 16.9 Å². The molecule has 2 heterocycles. The standard InChI is InChI=1S/C12H18N4S/c1-17-12-6-11(13-8-14-12)15-9-4-5-16(7-9)10-2-3-10/h6,8-10H,2-5,7H2,1H3,(H,13,14,15). The van der Waals surface area contributed by atoms with Gasteiger partial charge in [-0.2, -0.15) is 0 Å². The van der Waals surface area contributed by atoms with Crippen LogP contribution >= 0.6 is 11.8 Å². The molecule has 5 heteroatoms. The van der Waals surface area contributed by atoms with Crippen molar-refractivity contribution in [2.75, 3.05) is 24.7 Å². The van der Waals surface area contributed by atoms with Crippen LogP contribution in [0.25, 0.3) is 0 Å². The molecule has 1 aromatic heterocycles. The Balaban J connectivity index is 1.59. The molecule has 1 saturated heterocycles. The fourth-order valence-electron chi connectivity index (χ4n) is 2.42. The zero-order valence-corrected chi connectivity index (χ0v) is 10.9. The van der Waals surface area contributed by atoms with E-state index in [0.29, 0.717) is 6.04 Å². The van der Waals surface area contributed by atoms with Gasteiger partial charge in [-0.05, 0) is 25.5 Å². The van der Waals surface area contributed by atoms with E-state index in [-0.39, 0.29) is 0 Å². The molecular formula is C12H18N4S. The van der Waals surface area contributed by atoms with Gasteiger partial charge in [0.15, 0.2) is 0 Å². The predicted molar refractivity (Wildman–Crippen MR) is 70.4 cm³/mol. The Bertz CT molecular complexity index is 394. The van der Waals surface area contributed by atoms with Crippen molar-refractivity contribution in [3.05, 3.63) is 12.4 Å². The van der Waals surface area contributed by atoms with Crippen molar-refractivity contribution in [1.29, 1.82) is 0 Å². The SMILES string of the molecule is CSc1cc(NC2CCN(C3CC3)C2)ncn1. The average Bonchev–Trinajstić information content (AvgIpc) is 3.11. The van der Waals surface area contributed by atoms with E-state index in [4.69, 9.17) is 0 Å². The molecule has 1 atom stereocenters. The molecule has 0 spiro atoms. The zero-order chi connectivity index (χ0) is 11.7. The molecule has 1 aliphatic heterocycles. The highest BCUT2D eigenvalue weighted by Gasteiger charge is 2.34. The molecule has 2 fully saturated rings. The highest BCUT2D eigenvalue weighted by atomic mass is 32.2. The number of nitrogens with one attached hydrogen (secondary N) is 1. The normalized spacial score (nSPS) is 25.1. The van der Waals surface area contributed by atoms with Crippen LogP contribution in [0.3, 0.4) is 0 Å². The van der Waals surface area contributed by atoms with Crippen molar-refractivity contribution < 1.29 is 0 Å². The number of aromatic nitrogens is 2. The number of hydrogen-bond acceptors (Lipinski definition) is 5. The van der Waals surface area contributed by atoms with E-state index in [1.165, 1.54) is 32.4 Å². The minimum absolute atomic E-state index is 0.556. The summed E-state index contributed by atoms with van der Waals surface area (Å²) in [6, 6.07) is 3.47. The fourth-order valence-corrected chi connectivity index (χ4v) is 2.80. The van der Waals surface area contributed by atoms with Crippen LogP contribution in [-0.2, 0) is 0 Å². The molecule has 17 heavy (non-hydrogen) atoms. The van der Waals surface area contributed by atoms with Crippen molar-refractivity contribution in [2.24, 2.45) is 0 Å². The lowest BCUT2D eigenvalue weighted by molar-refractivity contribution is 0.326. The van der Waals surface area contributed by atoms with Gasteiger partial charge in [0.2, 0.25) is 0 Å². The number of hydrogen-bond donors (Lipinski definition) is 1. The van der Waals surface area contributed by atoms with Gasteiger partial charge < -0.3 is 5.32 Å². The van der Waals surface area contributed by atoms with Crippen molar-refractivity contribution in [2.45, 2.75) is 36.4 Å². The maximum absolute atomic E-state index is 4.28. The molecule has 1 saturated carbocycles. The molecule has 1 unspecified atom stereocenters. The molecule has 0 radical (unpaired) electrons. The number of rotatable bonds is 4. The first-order chi connectivity index (χ1) is 8.35. The molecule has 4 nitrogen and oxygen atoms in total. The third-order valence-electron chi connectivity index (χ3n) is 3.49. The molecule has 1 N–H and O–H groups in total. The van der Waals surface area contributed by atoms with Gasteiger partial charge in [0, 0.05) is 31.2 Å². The Labute approximate surface area is 106 Å². The number of anilines is 1. The maximum atomic E-state index is 4.28. The van der Waals surface area contributed by atoms with Crippen molar-refractivity contribution >= 4 is 17.6 Å². The molecule has 0 amide bonds. The average molecular weight is 250 g/mol. The van der Waals surface area contributed by atoms with Crippen LogP contribution < -0.4 is 5.32 Å². The molecular weight excluding hydrogens is 232 g/mol. The lowest BCUT2D eigenvalue weighted by atomic mass is 10.2. The minimum Gasteiger partial charge on any atom is -0.366 e. The maximum Gasteiger partial charge on any atom is 0.130 e. The Morgan fingerprint density at radius 3 is 3.00 bits per heavy atom. The summed E-state index contributed by atoms with van der Waals surface area (Å²) in [7, 11) is 0. The molecule has 1 aromatic rings. The van der Waals surface area contributed by atoms with Crippen LogP contribution in [0.15, 0.2) is 17.4 Å². The molecule has 3 rings (SSSR count). The summed E-state index contributed by atoms with van der Waals surface area (Å²) < 4.78 is 0. The van der Waals surface area contributed by atoms with E-state index in [1.54, 1.807) is 18.1 Å². The van der Waals surface area contributed by atoms with Crippen molar-refractivity contribution in [3.63, 3.8) is 0 Å². The third-order valence-corrected chi connectivity index (χ3v) is 4.13. The molecule has 0 bridgehead atoms. The van der Waals surface area contributed by atoms with Crippen LogP contribution in [0.4, 0.5) is 5.82 Å². The van der Waals surface area contributed by atoms with Crippen LogP contribution in [0, 0.1) is 0 Å². The smallest absolute Gasteiger partial charge is 0.130 e. The number of likely N-dealkylation sites (tertiary alicyclic amines) is 1. The predicted octanol–water partition coefficient (Wildman–Crippen LogP) is 1.85. The second kappa shape index (κ2) is 4.82. The zero-order valence-electron chi connectivity index (χ0n) is 10.1. The van der Waals surface area contributed by atoms with Gasteiger partial charge in [0.25, 0.3) is 0 Å². The van der Waals surface area contributed by atoms with Gasteiger partial charge >= 0.3 is 0 Å². The first kappa shape index (κ1) is 11.3. The quantitative estimate of drug-likeness (QED) is 0.652. The van der Waals surface area contributed by atoms with Gasteiger partial charge in [0.05, 0.1) is 0 Å². The molecule has 2 aliphatic rings. The topological polar surface area (TPSA) is 41.0 Å². The van der Waals surface area contributed by atoms with E-state index >= 15 is 0 Å². The Morgan fingerprint density at radius 2 is 2.24 bits per heavy atom. The number of thioether (sulfide) groups is 1. The van der Waals surface area contributed by atoms with E-state index in [2.05, 4.69) is 20.2 Å². The lowest BCUT2D eigenvalue weighted by Crippen LogP contribution is -2.28. The Morgan fingerprint density at radius 1 is 1.35 bits per heavy atom. The number of nitrogens with zero attached hydrogens (tertiary/aromatic N) is 3. The van der Waals surface area contributed by atoms with Gasteiger partial charge in [-0.15, -0.1) is 11.8 Å². The van der Waals surface area contributed by atoms with Gasteiger partial charge in [-0.1, -0.05) is 0 Å². The molecule has 0 aromatic carbocycles. The van der Waals surface area contributed by atoms with Crippen LogP contribution in [-0.4, -0.2) is 46.3 Å². The van der Waals surface area contributed by atoms with Crippen LogP contribution in [0.1, 0.15) is 19.3 Å². The fraction of sp³-hybridized carbons (Fsp3) is 0.667. The van der Waals surface area contributed by atoms with Gasteiger partial charge in [-0.3, -0.25) is 4.90 Å². The highest BCUT2D eigenvalue weighted by molar-refractivity contribution is 7.98. The lowest BCUT2D eigenvalue weighted by Gasteiger charge is -2.16. The summed E-state index contributed by atoms with van der Waals surface area (Å²) in [5.74, 6) is 0.965. The highest BCUT2D eigenvalue weighted by Crippen LogP contribution is 2.30. The summed E-state index contributed by atoms with van der Waals surface area (Å²) in [4.78, 5) is 11.1. The van der Waals surface area contributed by atoms with Crippen molar-refractivity contribution in [1.82, 2.24) is 14.9 Å². The van der Waals surface area contributed by atoms with Crippen LogP contribution in [0.5, 0.6) is 0 Å². The first-order valence-corrected chi connectivity index (χ1v) is 7.44. The summed E-state index contributed by atoms with van der Waals surface area (Å²) in [6.07, 6.45) is 7.71. The summed E-state index contributed by atoms with van der Waals surface area (Å²) in [5, 5.41) is 4.55. The second-order valence-corrected chi connectivity index (χ2v) is 5.63. The first-order valence-electron chi connectivity index (χ1n) is 6.22. The van der Waals surface area contributed by atoms with E-state index in [1.807, 2.05) is 12.3 Å². The van der Waals surface area contributed by atoms with Crippen LogP contribution in [0.2, 0.25) is 0 Å². The third kappa shape index (κ3) is 2.72. The van der Waals surface area contributed by atoms with E-state index < -0.39 is 0 Å². The largest absolute Gasteiger partial charge is 0.366 e. The van der Waals surface area contributed by atoms with E-state index in [9.17, 15) is 0 Å². The van der Waals surface area contributed by atoms with Gasteiger partial charge in [-0.25, -0.2) is 9.97 Å². The summed E-state index contributed by atoms with van der Waals surface area (Å²) >= 11 is 1.65. The van der Waals surface area contributed by atoms with Gasteiger partial charge in [0.1, 0.15) is 17.2 Å². The Hall–Kier alpha value is -0.810. The molecule has 92 valence electrons. The second-order valence-electron chi connectivity index (χ2n) is 4.80. The monoisotopic (exact) mass is 250 g/mol. The minimum atomic E-state index is 0.556. The Kier molecular flexibility index (Phi) is 3.20. The molecule has 1 aliphatic carbocycles. The summed E-state index contributed by atoms with van der Waals surface area (Å²) in [6.45, 7) is 2.41. The summed E-state index contributed by atoms with van der Waals surface area (Å²) in [5.41, 5.74) is 0. The van der Waals surface area contributed by atoms with Crippen molar-refractivity contribution in [3.8, 4) is 0 Å².